The van der Waals surface area contributed by atoms with Crippen LogP contribution in [0.1, 0.15) is 24.3 Å². The van der Waals surface area contributed by atoms with Crippen molar-refractivity contribution in [3.05, 3.63) is 76.4 Å². The fourth-order valence-corrected chi connectivity index (χ4v) is 3.77. The molecule has 31 heavy (non-hydrogen) atoms. The van der Waals surface area contributed by atoms with Crippen LogP contribution in [-0.4, -0.2) is 26.9 Å². The molecule has 0 aliphatic carbocycles. The molecule has 1 atom stereocenters. The molecule has 8 heteroatoms. The number of H-pyrrole nitrogens is 1. The highest BCUT2D eigenvalue weighted by atomic mass is 16.5. The van der Waals surface area contributed by atoms with Crippen LogP contribution in [0.4, 0.5) is 5.95 Å². The molecule has 0 fully saturated rings. The highest BCUT2D eigenvalue weighted by molar-refractivity contribution is 5.84. The van der Waals surface area contributed by atoms with E-state index in [9.17, 15) is 4.79 Å². The molecular weight excluding hydrogens is 394 g/mol. The largest absolute Gasteiger partial charge is 0.497 e. The van der Waals surface area contributed by atoms with Gasteiger partial charge in [-0.2, -0.15) is 10.1 Å². The summed E-state index contributed by atoms with van der Waals surface area (Å²) < 4.78 is 13.0. The summed E-state index contributed by atoms with van der Waals surface area (Å²) in [5.74, 6) is 1.89. The molecule has 5 rings (SSSR count). The van der Waals surface area contributed by atoms with Crippen molar-refractivity contribution in [1.29, 1.82) is 0 Å². The molecule has 0 aliphatic rings. The Balaban J connectivity index is 1.52. The second-order valence-electron chi connectivity index (χ2n) is 7.36. The summed E-state index contributed by atoms with van der Waals surface area (Å²) in [7, 11) is 1.64. The van der Waals surface area contributed by atoms with Gasteiger partial charge in [-0.3, -0.25) is 9.78 Å². The molecule has 0 aliphatic heterocycles. The number of nitrogens with zero attached hydrogens (tertiary/aromatic N) is 3. The van der Waals surface area contributed by atoms with Crippen LogP contribution in [-0.2, 0) is 0 Å². The van der Waals surface area contributed by atoms with Gasteiger partial charge in [-0.1, -0.05) is 18.2 Å². The number of para-hydroxylation sites is 1. The van der Waals surface area contributed by atoms with Crippen molar-refractivity contribution in [2.24, 2.45) is 0 Å². The van der Waals surface area contributed by atoms with Gasteiger partial charge in [0.15, 0.2) is 5.65 Å². The number of aryl methyl sites for hydroxylation is 1. The minimum Gasteiger partial charge on any atom is -0.497 e. The molecule has 0 radical (unpaired) electrons. The lowest BCUT2D eigenvalue weighted by molar-refractivity contribution is 0.415. The van der Waals surface area contributed by atoms with E-state index in [1.165, 1.54) is 6.20 Å². The molecule has 0 saturated heterocycles. The molecule has 0 spiro atoms. The molecule has 156 valence electrons. The molecule has 0 amide bonds. The topological polar surface area (TPSA) is 98.0 Å². The van der Waals surface area contributed by atoms with Crippen LogP contribution in [0.25, 0.3) is 27.7 Å². The van der Waals surface area contributed by atoms with E-state index < -0.39 is 0 Å². The Morgan fingerprint density at radius 3 is 2.74 bits per heavy atom. The van der Waals surface area contributed by atoms with Crippen LogP contribution in [0.15, 0.2) is 63.9 Å². The molecule has 0 saturated carbocycles. The highest BCUT2D eigenvalue weighted by Gasteiger charge is 2.19. The molecule has 2 aromatic carbocycles. The van der Waals surface area contributed by atoms with Crippen molar-refractivity contribution in [3.8, 4) is 11.4 Å². The summed E-state index contributed by atoms with van der Waals surface area (Å²) in [5.41, 5.74) is 2.84. The van der Waals surface area contributed by atoms with Crippen molar-refractivity contribution in [1.82, 2.24) is 19.7 Å². The number of furan rings is 1. The number of hydrogen-bond acceptors (Lipinski definition) is 6. The number of benzene rings is 2. The summed E-state index contributed by atoms with van der Waals surface area (Å²) in [6.07, 6.45) is 1.53. The van der Waals surface area contributed by atoms with Gasteiger partial charge in [0, 0.05) is 10.9 Å². The Labute approximate surface area is 177 Å². The van der Waals surface area contributed by atoms with E-state index in [-0.39, 0.29) is 11.6 Å². The first-order chi connectivity index (χ1) is 15.0. The third-order valence-corrected chi connectivity index (χ3v) is 5.37. The van der Waals surface area contributed by atoms with E-state index in [0.717, 1.165) is 33.7 Å². The number of fused-ring (bicyclic) bond motifs is 2. The minimum absolute atomic E-state index is 0.230. The first kappa shape index (κ1) is 18.9. The Bertz CT molecular complexity index is 1450. The molecule has 1 unspecified atom stereocenters. The van der Waals surface area contributed by atoms with Gasteiger partial charge in [-0.05, 0) is 44.2 Å². The monoisotopic (exact) mass is 415 g/mol. The predicted molar refractivity (Wildman–Crippen MR) is 119 cm³/mol. The number of aromatic nitrogens is 4. The SMILES string of the molecule is COc1ccc2oc(C(C)Nc3nc4c(cnn4-c4ccccc4)c(=O)[nH]3)c(C)c2c1. The van der Waals surface area contributed by atoms with Crippen LogP contribution in [0.5, 0.6) is 5.75 Å². The molecular formula is C23H21N5O3. The summed E-state index contributed by atoms with van der Waals surface area (Å²) in [4.78, 5) is 20.0. The number of nitrogens with one attached hydrogen (secondary N) is 2. The maximum Gasteiger partial charge on any atom is 0.263 e. The average Bonchev–Trinajstić information content (AvgIpc) is 3.36. The quantitative estimate of drug-likeness (QED) is 0.443. The molecule has 8 nitrogen and oxygen atoms in total. The second-order valence-corrected chi connectivity index (χ2v) is 7.36. The second kappa shape index (κ2) is 7.32. The molecule has 5 aromatic rings. The summed E-state index contributed by atoms with van der Waals surface area (Å²) in [6, 6.07) is 15.1. The van der Waals surface area contributed by atoms with Gasteiger partial charge in [0.25, 0.3) is 5.56 Å². The normalized spacial score (nSPS) is 12.4. The van der Waals surface area contributed by atoms with Gasteiger partial charge in [-0.15, -0.1) is 0 Å². The molecule has 3 heterocycles. The van der Waals surface area contributed by atoms with E-state index in [0.29, 0.717) is 17.0 Å². The first-order valence-electron chi connectivity index (χ1n) is 9.92. The van der Waals surface area contributed by atoms with Gasteiger partial charge in [-0.25, -0.2) is 4.68 Å². The fraction of sp³-hybridized carbons (Fsp3) is 0.174. The van der Waals surface area contributed by atoms with Crippen LogP contribution in [0, 0.1) is 6.92 Å². The van der Waals surface area contributed by atoms with Gasteiger partial charge in [0.05, 0.1) is 25.0 Å². The molecule has 2 N–H and O–H groups in total. The zero-order valence-corrected chi connectivity index (χ0v) is 17.3. The smallest absolute Gasteiger partial charge is 0.263 e. The molecule has 0 bridgehead atoms. The zero-order valence-electron chi connectivity index (χ0n) is 17.3. The van der Waals surface area contributed by atoms with Gasteiger partial charge >= 0.3 is 0 Å². The van der Waals surface area contributed by atoms with E-state index in [4.69, 9.17) is 9.15 Å². The Hall–Kier alpha value is -4.07. The Kier molecular flexibility index (Phi) is 4.47. The van der Waals surface area contributed by atoms with E-state index >= 15 is 0 Å². The third kappa shape index (κ3) is 3.22. The van der Waals surface area contributed by atoms with Gasteiger partial charge < -0.3 is 14.5 Å². The molecule has 3 aromatic heterocycles. The van der Waals surface area contributed by atoms with Gasteiger partial charge in [0.1, 0.15) is 22.5 Å². The lowest BCUT2D eigenvalue weighted by atomic mass is 10.1. The number of methoxy groups -OCH3 is 1. The van der Waals surface area contributed by atoms with Crippen LogP contribution >= 0.6 is 0 Å². The van der Waals surface area contributed by atoms with Crippen LogP contribution in [0.3, 0.4) is 0 Å². The van der Waals surface area contributed by atoms with Crippen LogP contribution in [0.2, 0.25) is 0 Å². The minimum atomic E-state index is -0.257. The van der Waals surface area contributed by atoms with Crippen molar-refractivity contribution >= 4 is 28.0 Å². The third-order valence-electron chi connectivity index (χ3n) is 5.37. The number of hydrogen-bond donors (Lipinski definition) is 2. The number of aromatic amines is 1. The summed E-state index contributed by atoms with van der Waals surface area (Å²) in [5, 5.41) is 9.01. The zero-order chi connectivity index (χ0) is 21.5. The highest BCUT2D eigenvalue weighted by Crippen LogP contribution is 2.32. The number of rotatable bonds is 5. The van der Waals surface area contributed by atoms with Crippen molar-refractivity contribution < 1.29 is 9.15 Å². The van der Waals surface area contributed by atoms with Gasteiger partial charge in [0.2, 0.25) is 5.95 Å². The predicted octanol–water partition coefficient (Wildman–Crippen LogP) is 4.35. The maximum absolute atomic E-state index is 12.6. The standard InChI is InChI=1S/C23H21N5O3/c1-13-17-11-16(30-3)9-10-19(17)31-20(13)14(2)25-23-26-21-18(22(29)27-23)12-24-28(21)15-7-5-4-6-8-15/h4-12,14H,1-3H3,(H2,25,26,27,29). The number of ether oxygens (including phenoxy) is 1. The average molecular weight is 415 g/mol. The summed E-state index contributed by atoms with van der Waals surface area (Å²) in [6.45, 7) is 3.96. The van der Waals surface area contributed by atoms with Crippen molar-refractivity contribution in [2.45, 2.75) is 19.9 Å². The van der Waals surface area contributed by atoms with Crippen molar-refractivity contribution in [2.75, 3.05) is 12.4 Å². The fourth-order valence-electron chi connectivity index (χ4n) is 3.77. The van der Waals surface area contributed by atoms with E-state index in [1.54, 1.807) is 11.8 Å². The maximum atomic E-state index is 12.6. The Morgan fingerprint density at radius 2 is 1.97 bits per heavy atom. The Morgan fingerprint density at radius 1 is 1.16 bits per heavy atom. The first-order valence-corrected chi connectivity index (χ1v) is 9.92. The number of anilines is 1. The van der Waals surface area contributed by atoms with E-state index in [2.05, 4.69) is 20.4 Å². The lowest BCUT2D eigenvalue weighted by Crippen LogP contribution is -2.16. The van der Waals surface area contributed by atoms with Crippen LogP contribution < -0.4 is 15.6 Å². The van der Waals surface area contributed by atoms with E-state index in [1.807, 2.05) is 62.4 Å². The van der Waals surface area contributed by atoms with Crippen molar-refractivity contribution in [3.63, 3.8) is 0 Å². The lowest BCUT2D eigenvalue weighted by Gasteiger charge is -2.13. The summed E-state index contributed by atoms with van der Waals surface area (Å²) >= 11 is 0.